The third-order valence-electron chi connectivity index (χ3n) is 4.45. The van der Waals surface area contributed by atoms with Crippen LogP contribution in [0.2, 0.25) is 0 Å². The molecular weight excluding hydrogens is 202 g/mol. The summed E-state index contributed by atoms with van der Waals surface area (Å²) < 4.78 is 0. The Morgan fingerprint density at radius 3 is 2.31 bits per heavy atom. The molecule has 2 fully saturated rings. The van der Waals surface area contributed by atoms with Gasteiger partial charge in [0.15, 0.2) is 0 Å². The summed E-state index contributed by atoms with van der Waals surface area (Å²) in [4.78, 5) is 12.9. The topological polar surface area (TPSA) is 40.5 Å². The molecule has 1 aliphatic carbocycles. The zero-order chi connectivity index (χ0) is 11.4. The molecule has 1 saturated heterocycles. The zero-order valence-corrected chi connectivity index (χ0v) is 10.1. The van der Waals surface area contributed by atoms with Gasteiger partial charge < -0.3 is 10.0 Å². The minimum absolute atomic E-state index is 0.321. The standard InChI is InChI=1S/C13H23NO2/c15-12(16)4-3-9-14-10-7-13(8-11-14)5-1-2-6-13/h1-11H2,(H,15,16). The summed E-state index contributed by atoms with van der Waals surface area (Å²) in [6, 6.07) is 0. The lowest BCUT2D eigenvalue weighted by Crippen LogP contribution is -2.39. The Morgan fingerprint density at radius 1 is 1.12 bits per heavy atom. The summed E-state index contributed by atoms with van der Waals surface area (Å²) in [5.41, 5.74) is 0.684. The highest BCUT2D eigenvalue weighted by Gasteiger charge is 2.36. The number of nitrogens with zero attached hydrogens (tertiary/aromatic N) is 1. The Bertz CT molecular complexity index is 236. The third-order valence-corrected chi connectivity index (χ3v) is 4.45. The van der Waals surface area contributed by atoms with Gasteiger partial charge in [0, 0.05) is 6.42 Å². The molecule has 1 aliphatic heterocycles. The molecule has 0 amide bonds. The Kier molecular flexibility index (Phi) is 3.85. The number of rotatable bonds is 4. The third kappa shape index (κ3) is 2.97. The fraction of sp³-hybridized carbons (Fsp3) is 0.923. The molecule has 1 saturated carbocycles. The SMILES string of the molecule is O=C(O)CCCN1CCC2(CCCC2)CC1. The number of carboxylic acid groups (broad SMARTS) is 1. The van der Waals surface area contributed by atoms with Crippen molar-refractivity contribution in [3.8, 4) is 0 Å². The Morgan fingerprint density at radius 2 is 1.75 bits per heavy atom. The van der Waals surface area contributed by atoms with E-state index in [4.69, 9.17) is 5.11 Å². The molecule has 0 unspecified atom stereocenters. The van der Waals surface area contributed by atoms with Gasteiger partial charge in [0.05, 0.1) is 0 Å². The number of hydrogen-bond acceptors (Lipinski definition) is 2. The number of aliphatic carboxylic acids is 1. The van der Waals surface area contributed by atoms with E-state index in [1.807, 2.05) is 0 Å². The highest BCUT2D eigenvalue weighted by molar-refractivity contribution is 5.66. The van der Waals surface area contributed by atoms with Crippen LogP contribution in [0.15, 0.2) is 0 Å². The average molecular weight is 225 g/mol. The first-order chi connectivity index (χ1) is 7.70. The highest BCUT2D eigenvalue weighted by Crippen LogP contribution is 2.45. The van der Waals surface area contributed by atoms with Gasteiger partial charge in [-0.2, -0.15) is 0 Å². The monoisotopic (exact) mass is 225 g/mol. The summed E-state index contributed by atoms with van der Waals surface area (Å²) in [5.74, 6) is -0.663. The maximum Gasteiger partial charge on any atom is 0.303 e. The van der Waals surface area contributed by atoms with Gasteiger partial charge in [0.25, 0.3) is 0 Å². The van der Waals surface area contributed by atoms with Crippen molar-refractivity contribution in [2.24, 2.45) is 5.41 Å². The Hall–Kier alpha value is -0.570. The molecule has 1 spiro atoms. The number of carboxylic acids is 1. The van der Waals surface area contributed by atoms with Gasteiger partial charge in [-0.1, -0.05) is 12.8 Å². The van der Waals surface area contributed by atoms with E-state index in [9.17, 15) is 4.79 Å². The molecule has 0 bridgehead atoms. The number of piperidine rings is 1. The van der Waals surface area contributed by atoms with E-state index in [0.29, 0.717) is 11.8 Å². The smallest absolute Gasteiger partial charge is 0.303 e. The van der Waals surface area contributed by atoms with Gasteiger partial charge in [-0.25, -0.2) is 0 Å². The maximum atomic E-state index is 10.4. The minimum Gasteiger partial charge on any atom is -0.481 e. The molecule has 3 heteroatoms. The van der Waals surface area contributed by atoms with Crippen molar-refractivity contribution in [1.29, 1.82) is 0 Å². The first kappa shape index (κ1) is 11.9. The van der Waals surface area contributed by atoms with Crippen LogP contribution in [-0.2, 0) is 4.79 Å². The van der Waals surface area contributed by atoms with Crippen LogP contribution in [0, 0.1) is 5.41 Å². The van der Waals surface area contributed by atoms with Crippen LogP contribution >= 0.6 is 0 Å². The van der Waals surface area contributed by atoms with Gasteiger partial charge in [0.1, 0.15) is 0 Å². The quantitative estimate of drug-likeness (QED) is 0.799. The highest BCUT2D eigenvalue weighted by atomic mass is 16.4. The normalized spacial score (nSPS) is 25.0. The fourth-order valence-electron chi connectivity index (χ4n) is 3.33. The minimum atomic E-state index is -0.663. The van der Waals surface area contributed by atoms with Crippen LogP contribution in [0.3, 0.4) is 0 Å². The van der Waals surface area contributed by atoms with E-state index in [2.05, 4.69) is 4.90 Å². The van der Waals surface area contributed by atoms with Gasteiger partial charge in [-0.3, -0.25) is 4.79 Å². The predicted molar refractivity (Wildman–Crippen MR) is 63.4 cm³/mol. The van der Waals surface area contributed by atoms with E-state index >= 15 is 0 Å². The van der Waals surface area contributed by atoms with Crippen LogP contribution in [0.5, 0.6) is 0 Å². The largest absolute Gasteiger partial charge is 0.481 e. The van der Waals surface area contributed by atoms with Gasteiger partial charge >= 0.3 is 5.97 Å². The average Bonchev–Trinajstić information content (AvgIpc) is 2.70. The second kappa shape index (κ2) is 5.17. The second-order valence-corrected chi connectivity index (χ2v) is 5.55. The molecule has 16 heavy (non-hydrogen) atoms. The van der Waals surface area contributed by atoms with Gasteiger partial charge in [0.2, 0.25) is 0 Å². The van der Waals surface area contributed by atoms with Crippen molar-refractivity contribution >= 4 is 5.97 Å². The molecule has 0 aromatic rings. The van der Waals surface area contributed by atoms with Crippen molar-refractivity contribution in [2.75, 3.05) is 19.6 Å². The van der Waals surface area contributed by atoms with E-state index in [1.165, 1.54) is 51.6 Å². The molecule has 0 radical (unpaired) electrons. The van der Waals surface area contributed by atoms with E-state index in [0.717, 1.165) is 13.0 Å². The molecular formula is C13H23NO2. The lowest BCUT2D eigenvalue weighted by Gasteiger charge is -2.39. The fourth-order valence-corrected chi connectivity index (χ4v) is 3.33. The van der Waals surface area contributed by atoms with Crippen LogP contribution in [0.1, 0.15) is 51.4 Å². The zero-order valence-electron chi connectivity index (χ0n) is 10.1. The molecule has 2 rings (SSSR count). The van der Waals surface area contributed by atoms with Gasteiger partial charge in [-0.15, -0.1) is 0 Å². The van der Waals surface area contributed by atoms with Crippen LogP contribution in [0.25, 0.3) is 0 Å². The molecule has 1 N–H and O–H groups in total. The summed E-state index contributed by atoms with van der Waals surface area (Å²) in [5, 5.41) is 8.59. The number of hydrogen-bond donors (Lipinski definition) is 1. The Labute approximate surface area is 97.8 Å². The van der Waals surface area contributed by atoms with Crippen molar-refractivity contribution in [2.45, 2.75) is 51.4 Å². The molecule has 0 atom stereocenters. The molecule has 3 nitrogen and oxygen atoms in total. The van der Waals surface area contributed by atoms with Gasteiger partial charge in [-0.05, 0) is 57.2 Å². The van der Waals surface area contributed by atoms with Crippen LogP contribution < -0.4 is 0 Å². The lowest BCUT2D eigenvalue weighted by atomic mass is 9.77. The number of likely N-dealkylation sites (tertiary alicyclic amines) is 1. The van der Waals surface area contributed by atoms with Crippen molar-refractivity contribution in [3.05, 3.63) is 0 Å². The molecule has 0 aromatic heterocycles. The summed E-state index contributed by atoms with van der Waals surface area (Å²) in [6.45, 7) is 3.36. The predicted octanol–water partition coefficient (Wildman–Crippen LogP) is 2.51. The first-order valence-corrected chi connectivity index (χ1v) is 6.64. The first-order valence-electron chi connectivity index (χ1n) is 6.64. The van der Waals surface area contributed by atoms with Crippen LogP contribution in [-0.4, -0.2) is 35.6 Å². The van der Waals surface area contributed by atoms with Crippen LogP contribution in [0.4, 0.5) is 0 Å². The van der Waals surface area contributed by atoms with Crippen molar-refractivity contribution < 1.29 is 9.90 Å². The maximum absolute atomic E-state index is 10.4. The lowest BCUT2D eigenvalue weighted by molar-refractivity contribution is -0.137. The number of carbonyl (C=O) groups is 1. The van der Waals surface area contributed by atoms with E-state index in [1.54, 1.807) is 0 Å². The molecule has 2 aliphatic rings. The second-order valence-electron chi connectivity index (χ2n) is 5.55. The van der Waals surface area contributed by atoms with E-state index in [-0.39, 0.29) is 0 Å². The summed E-state index contributed by atoms with van der Waals surface area (Å²) in [7, 11) is 0. The summed E-state index contributed by atoms with van der Waals surface area (Å²) in [6.07, 6.45) is 9.56. The molecule has 1 heterocycles. The van der Waals surface area contributed by atoms with Crippen molar-refractivity contribution in [3.63, 3.8) is 0 Å². The van der Waals surface area contributed by atoms with Crippen molar-refractivity contribution in [1.82, 2.24) is 4.90 Å². The summed E-state index contributed by atoms with van der Waals surface area (Å²) >= 11 is 0. The molecule has 92 valence electrons. The molecule has 0 aromatic carbocycles. The Balaban J connectivity index is 1.67. The van der Waals surface area contributed by atoms with E-state index < -0.39 is 5.97 Å².